The van der Waals surface area contributed by atoms with E-state index in [4.69, 9.17) is 11.6 Å². The predicted octanol–water partition coefficient (Wildman–Crippen LogP) is 5.31. The monoisotopic (exact) mass is 285 g/mol. The van der Waals surface area contributed by atoms with E-state index >= 15 is 0 Å². The summed E-state index contributed by atoms with van der Waals surface area (Å²) in [6.45, 7) is 3.76. The molecule has 1 aromatic heterocycles. The van der Waals surface area contributed by atoms with E-state index in [1.54, 1.807) is 0 Å². The van der Waals surface area contributed by atoms with Gasteiger partial charge in [-0.25, -0.2) is 9.37 Å². The smallest absolute Gasteiger partial charge is 0.149 e. The zero-order valence-electron chi connectivity index (χ0n) is 11.2. The third kappa shape index (κ3) is 2.06. The van der Waals surface area contributed by atoms with E-state index in [0.717, 1.165) is 22.4 Å². The highest BCUT2D eigenvalue weighted by atomic mass is 35.5. The molecular formula is C17H13ClFN. The fourth-order valence-corrected chi connectivity index (χ4v) is 2.63. The Balaban J connectivity index is 2.39. The topological polar surface area (TPSA) is 12.9 Å². The second-order valence-corrected chi connectivity index (χ2v) is 5.29. The molecule has 1 heterocycles. The van der Waals surface area contributed by atoms with Gasteiger partial charge in [-0.3, -0.25) is 0 Å². The minimum absolute atomic E-state index is 0.324. The number of aryl methyl sites for hydroxylation is 1. The zero-order valence-corrected chi connectivity index (χ0v) is 12.0. The average Bonchev–Trinajstić information content (AvgIpc) is 2.44. The summed E-state index contributed by atoms with van der Waals surface area (Å²) in [6.07, 6.45) is 0. The van der Waals surface area contributed by atoms with E-state index in [1.807, 2.05) is 50.2 Å². The van der Waals surface area contributed by atoms with Crippen molar-refractivity contribution < 1.29 is 4.39 Å². The molecule has 0 aliphatic rings. The molecule has 0 saturated heterocycles. The van der Waals surface area contributed by atoms with Crippen LogP contribution in [-0.4, -0.2) is 4.98 Å². The maximum atomic E-state index is 14.1. The van der Waals surface area contributed by atoms with Gasteiger partial charge in [0.25, 0.3) is 0 Å². The first-order valence-corrected chi connectivity index (χ1v) is 6.77. The van der Waals surface area contributed by atoms with Crippen LogP contribution in [0.25, 0.3) is 22.2 Å². The molecule has 20 heavy (non-hydrogen) atoms. The number of halogens is 2. The lowest BCUT2D eigenvalue weighted by molar-refractivity contribution is 0.636. The molecule has 3 aromatic rings. The largest absolute Gasteiger partial charge is 0.244 e. The summed E-state index contributed by atoms with van der Waals surface area (Å²) in [7, 11) is 0. The summed E-state index contributed by atoms with van der Waals surface area (Å²) in [5, 5.41) is 1.23. The van der Waals surface area contributed by atoms with E-state index in [9.17, 15) is 4.39 Å². The second-order valence-electron chi connectivity index (χ2n) is 4.91. The summed E-state index contributed by atoms with van der Waals surface area (Å²) in [5.74, 6) is -0.334. The number of pyridine rings is 1. The van der Waals surface area contributed by atoms with Crippen LogP contribution in [0.2, 0.25) is 5.02 Å². The Labute approximate surface area is 122 Å². The number of fused-ring (bicyclic) bond motifs is 1. The third-order valence-electron chi connectivity index (χ3n) is 3.40. The van der Waals surface area contributed by atoms with Crippen molar-refractivity contribution >= 4 is 22.5 Å². The summed E-state index contributed by atoms with van der Waals surface area (Å²) < 4.78 is 14.1. The van der Waals surface area contributed by atoms with E-state index in [2.05, 4.69) is 4.98 Å². The molecule has 0 fully saturated rings. The van der Waals surface area contributed by atoms with Gasteiger partial charge >= 0.3 is 0 Å². The van der Waals surface area contributed by atoms with Gasteiger partial charge < -0.3 is 0 Å². The number of hydrogen-bond acceptors (Lipinski definition) is 1. The second kappa shape index (κ2) is 4.88. The van der Waals surface area contributed by atoms with Gasteiger partial charge in [0.15, 0.2) is 0 Å². The van der Waals surface area contributed by atoms with Crippen LogP contribution in [0.4, 0.5) is 4.39 Å². The Hall–Kier alpha value is -1.93. The molecule has 0 bridgehead atoms. The molecule has 0 saturated carbocycles. The van der Waals surface area contributed by atoms with Crippen molar-refractivity contribution in [1.82, 2.24) is 4.98 Å². The van der Waals surface area contributed by atoms with E-state index < -0.39 is 0 Å². The van der Waals surface area contributed by atoms with Crippen LogP contribution >= 0.6 is 11.6 Å². The molecule has 3 rings (SSSR count). The first-order valence-electron chi connectivity index (χ1n) is 6.39. The standard InChI is InChI=1S/C17H13ClFN/c1-10-8-13-15(18)11(2)16(12-6-4-3-5-7-12)20-17(13)14(19)9-10/h3-9H,1-2H3. The first-order chi connectivity index (χ1) is 9.58. The molecule has 100 valence electrons. The SMILES string of the molecule is Cc1cc(F)c2nc(-c3ccccc3)c(C)c(Cl)c2c1. The minimum Gasteiger partial charge on any atom is -0.244 e. The van der Waals surface area contributed by atoms with Crippen molar-refractivity contribution in [2.45, 2.75) is 13.8 Å². The first kappa shape index (κ1) is 13.1. The Morgan fingerprint density at radius 3 is 2.45 bits per heavy atom. The molecule has 3 heteroatoms. The molecule has 0 amide bonds. The van der Waals surface area contributed by atoms with E-state index in [-0.39, 0.29) is 5.82 Å². The quantitative estimate of drug-likeness (QED) is 0.590. The molecule has 0 N–H and O–H groups in total. The van der Waals surface area contributed by atoms with Crippen LogP contribution in [0.5, 0.6) is 0 Å². The summed E-state index contributed by atoms with van der Waals surface area (Å²) in [6, 6.07) is 13.0. The maximum absolute atomic E-state index is 14.1. The van der Waals surface area contributed by atoms with Crippen molar-refractivity contribution in [2.24, 2.45) is 0 Å². The average molecular weight is 286 g/mol. The molecule has 0 atom stereocenters. The van der Waals surface area contributed by atoms with Gasteiger partial charge in [-0.2, -0.15) is 0 Å². The predicted molar refractivity (Wildman–Crippen MR) is 81.6 cm³/mol. The summed E-state index contributed by atoms with van der Waals surface area (Å²) >= 11 is 6.42. The highest BCUT2D eigenvalue weighted by Crippen LogP contribution is 2.34. The van der Waals surface area contributed by atoms with Crippen molar-refractivity contribution in [1.29, 1.82) is 0 Å². The van der Waals surface area contributed by atoms with Crippen LogP contribution in [0.15, 0.2) is 42.5 Å². The van der Waals surface area contributed by atoms with Gasteiger partial charge in [-0.15, -0.1) is 0 Å². The van der Waals surface area contributed by atoms with Crippen LogP contribution in [0.1, 0.15) is 11.1 Å². The lowest BCUT2D eigenvalue weighted by Crippen LogP contribution is -1.95. The molecule has 1 nitrogen and oxygen atoms in total. The summed E-state index contributed by atoms with van der Waals surface area (Å²) in [5.41, 5.74) is 3.70. The molecule has 2 aromatic carbocycles. The van der Waals surface area contributed by atoms with Crippen molar-refractivity contribution in [2.75, 3.05) is 0 Å². The molecular weight excluding hydrogens is 273 g/mol. The van der Waals surface area contributed by atoms with Crippen molar-refractivity contribution in [3.05, 3.63) is 64.4 Å². The minimum atomic E-state index is -0.334. The Morgan fingerprint density at radius 1 is 1.05 bits per heavy atom. The molecule has 0 spiro atoms. The van der Waals surface area contributed by atoms with Gasteiger partial charge in [0.1, 0.15) is 11.3 Å². The normalized spacial score (nSPS) is 11.0. The van der Waals surface area contributed by atoms with Gasteiger partial charge in [0.05, 0.1) is 10.7 Å². The van der Waals surface area contributed by atoms with E-state index in [1.165, 1.54) is 6.07 Å². The van der Waals surface area contributed by atoms with Crippen molar-refractivity contribution in [3.8, 4) is 11.3 Å². The third-order valence-corrected chi connectivity index (χ3v) is 3.89. The highest BCUT2D eigenvalue weighted by molar-refractivity contribution is 6.36. The Kier molecular flexibility index (Phi) is 3.19. The van der Waals surface area contributed by atoms with Crippen LogP contribution in [-0.2, 0) is 0 Å². The Morgan fingerprint density at radius 2 is 1.75 bits per heavy atom. The molecule has 0 aliphatic carbocycles. The van der Waals surface area contributed by atoms with Gasteiger partial charge in [-0.05, 0) is 37.1 Å². The molecule has 0 unspecified atom stereocenters. The molecule has 0 aliphatic heterocycles. The number of rotatable bonds is 1. The van der Waals surface area contributed by atoms with Crippen LogP contribution in [0.3, 0.4) is 0 Å². The van der Waals surface area contributed by atoms with Crippen LogP contribution < -0.4 is 0 Å². The lowest BCUT2D eigenvalue weighted by Gasteiger charge is -2.11. The Bertz CT molecular complexity index is 797. The van der Waals surface area contributed by atoms with Gasteiger partial charge in [-0.1, -0.05) is 41.9 Å². The maximum Gasteiger partial charge on any atom is 0.149 e. The lowest BCUT2D eigenvalue weighted by atomic mass is 10.0. The fourth-order valence-electron chi connectivity index (χ4n) is 2.39. The molecule has 0 radical (unpaired) electrons. The van der Waals surface area contributed by atoms with Crippen molar-refractivity contribution in [3.63, 3.8) is 0 Å². The van der Waals surface area contributed by atoms with Gasteiger partial charge in [0, 0.05) is 10.9 Å². The zero-order chi connectivity index (χ0) is 14.3. The fraction of sp³-hybridized carbons (Fsp3) is 0.118. The number of aromatic nitrogens is 1. The number of hydrogen-bond donors (Lipinski definition) is 0. The van der Waals surface area contributed by atoms with Gasteiger partial charge in [0.2, 0.25) is 0 Å². The number of nitrogens with zero attached hydrogens (tertiary/aromatic N) is 1. The number of benzene rings is 2. The van der Waals surface area contributed by atoms with Crippen LogP contribution in [0, 0.1) is 19.7 Å². The summed E-state index contributed by atoms with van der Waals surface area (Å²) in [4.78, 5) is 4.49. The van der Waals surface area contributed by atoms with E-state index in [0.29, 0.717) is 15.9 Å². The highest BCUT2D eigenvalue weighted by Gasteiger charge is 2.14.